The Morgan fingerprint density at radius 2 is 2.00 bits per heavy atom. The van der Waals surface area contributed by atoms with Gasteiger partial charge in [-0.25, -0.2) is 0 Å². The van der Waals surface area contributed by atoms with Crippen LogP contribution in [-0.4, -0.2) is 61.1 Å². The first kappa shape index (κ1) is 15.5. The summed E-state index contributed by atoms with van der Waals surface area (Å²) in [5.74, 6) is 0.256. The van der Waals surface area contributed by atoms with E-state index in [1.165, 1.54) is 18.4 Å². The van der Waals surface area contributed by atoms with Crippen molar-refractivity contribution in [2.45, 2.75) is 32.3 Å². The van der Waals surface area contributed by atoms with E-state index in [2.05, 4.69) is 24.0 Å². The highest BCUT2D eigenvalue weighted by molar-refractivity contribution is 5.79. The molecule has 2 saturated heterocycles. The minimum absolute atomic E-state index is 0.256. The largest absolute Gasteiger partial charge is 0.377 e. The molecule has 2 aliphatic heterocycles. The van der Waals surface area contributed by atoms with Crippen LogP contribution in [-0.2, 0) is 16.0 Å². The maximum Gasteiger partial charge on any atom is 0.227 e. The molecule has 0 N–H and O–H groups in total. The highest BCUT2D eigenvalue weighted by Crippen LogP contribution is 2.15. The van der Waals surface area contributed by atoms with Gasteiger partial charge in [-0.15, -0.1) is 0 Å². The number of hydrogen-bond donors (Lipinski definition) is 0. The van der Waals surface area contributed by atoms with E-state index in [-0.39, 0.29) is 5.91 Å². The van der Waals surface area contributed by atoms with Gasteiger partial charge >= 0.3 is 0 Å². The summed E-state index contributed by atoms with van der Waals surface area (Å²) in [6.07, 6.45) is 3.32. The fourth-order valence-corrected chi connectivity index (χ4v) is 3.34. The van der Waals surface area contributed by atoms with Crippen LogP contribution >= 0.6 is 0 Å². The Kier molecular flexibility index (Phi) is 5.11. The molecule has 4 heteroatoms. The number of amides is 1. The molecule has 1 aromatic rings. The van der Waals surface area contributed by atoms with Crippen LogP contribution in [0.4, 0.5) is 0 Å². The van der Waals surface area contributed by atoms with E-state index >= 15 is 0 Å². The third-order valence-electron chi connectivity index (χ3n) is 4.81. The molecule has 0 aromatic heterocycles. The molecule has 2 heterocycles. The van der Waals surface area contributed by atoms with Crippen molar-refractivity contribution in [1.29, 1.82) is 0 Å². The van der Waals surface area contributed by atoms with Gasteiger partial charge in [0.2, 0.25) is 5.91 Å². The van der Waals surface area contributed by atoms with Gasteiger partial charge in [0.25, 0.3) is 0 Å². The quantitative estimate of drug-likeness (QED) is 0.851. The summed E-state index contributed by atoms with van der Waals surface area (Å²) in [5, 5.41) is 0. The summed E-state index contributed by atoms with van der Waals surface area (Å²) < 4.78 is 5.70. The lowest BCUT2D eigenvalue weighted by Gasteiger charge is -2.35. The molecule has 0 radical (unpaired) electrons. The minimum Gasteiger partial charge on any atom is -0.377 e. The number of rotatable bonds is 4. The molecule has 1 unspecified atom stereocenters. The third-order valence-corrected chi connectivity index (χ3v) is 4.81. The molecule has 0 saturated carbocycles. The number of aryl methyl sites for hydroxylation is 1. The van der Waals surface area contributed by atoms with Gasteiger partial charge < -0.3 is 9.64 Å². The number of hydrogen-bond acceptors (Lipinski definition) is 3. The van der Waals surface area contributed by atoms with E-state index in [4.69, 9.17) is 4.74 Å². The van der Waals surface area contributed by atoms with Crippen LogP contribution in [0.15, 0.2) is 24.3 Å². The summed E-state index contributed by atoms with van der Waals surface area (Å²) >= 11 is 0. The van der Waals surface area contributed by atoms with Gasteiger partial charge in [0, 0.05) is 39.3 Å². The topological polar surface area (TPSA) is 32.8 Å². The van der Waals surface area contributed by atoms with Gasteiger partial charge in [-0.3, -0.25) is 9.69 Å². The lowest BCUT2D eigenvalue weighted by Crippen LogP contribution is -2.50. The van der Waals surface area contributed by atoms with E-state index in [0.29, 0.717) is 12.5 Å². The number of carbonyl (C=O) groups is 1. The predicted octanol–water partition coefficient (Wildman–Crippen LogP) is 1.86. The van der Waals surface area contributed by atoms with Crippen molar-refractivity contribution in [2.24, 2.45) is 0 Å². The SMILES string of the molecule is Cc1ccccc1CC(=O)N1CCN(CC2CCCO2)CC1. The summed E-state index contributed by atoms with van der Waals surface area (Å²) in [7, 11) is 0. The number of piperazine rings is 1. The van der Waals surface area contributed by atoms with Crippen LogP contribution in [0, 0.1) is 6.92 Å². The molecular weight excluding hydrogens is 276 g/mol. The lowest BCUT2D eigenvalue weighted by atomic mass is 10.1. The molecule has 2 fully saturated rings. The Labute approximate surface area is 133 Å². The third kappa shape index (κ3) is 3.87. The summed E-state index contributed by atoms with van der Waals surface area (Å²) in [4.78, 5) is 16.9. The number of carbonyl (C=O) groups excluding carboxylic acids is 1. The zero-order valence-corrected chi connectivity index (χ0v) is 13.5. The van der Waals surface area contributed by atoms with Gasteiger partial charge in [0.05, 0.1) is 12.5 Å². The standard InChI is InChI=1S/C18H26N2O2/c1-15-5-2-3-6-16(15)13-18(21)20-10-8-19(9-11-20)14-17-7-4-12-22-17/h2-3,5-6,17H,4,7-14H2,1H3. The molecule has 1 atom stereocenters. The first-order chi connectivity index (χ1) is 10.7. The smallest absolute Gasteiger partial charge is 0.227 e. The van der Waals surface area contributed by atoms with Crippen LogP contribution in [0.2, 0.25) is 0 Å². The fourth-order valence-electron chi connectivity index (χ4n) is 3.34. The second-order valence-corrected chi connectivity index (χ2v) is 6.42. The van der Waals surface area contributed by atoms with Crippen LogP contribution in [0.3, 0.4) is 0 Å². The Morgan fingerprint density at radius 1 is 1.23 bits per heavy atom. The average molecular weight is 302 g/mol. The predicted molar refractivity (Wildman–Crippen MR) is 86.9 cm³/mol. The maximum absolute atomic E-state index is 12.5. The molecule has 0 spiro atoms. The summed E-state index contributed by atoms with van der Waals surface area (Å²) in [6.45, 7) is 7.65. The Bertz CT molecular complexity index is 504. The van der Waals surface area contributed by atoms with Crippen molar-refractivity contribution in [1.82, 2.24) is 9.80 Å². The van der Waals surface area contributed by atoms with Crippen LogP contribution in [0.1, 0.15) is 24.0 Å². The second kappa shape index (κ2) is 7.25. The average Bonchev–Trinajstić information content (AvgIpc) is 3.03. The number of nitrogens with zero attached hydrogens (tertiary/aromatic N) is 2. The van der Waals surface area contributed by atoms with Crippen LogP contribution in [0.25, 0.3) is 0 Å². The van der Waals surface area contributed by atoms with Gasteiger partial charge in [0.1, 0.15) is 0 Å². The number of ether oxygens (including phenoxy) is 1. The van der Waals surface area contributed by atoms with Crippen molar-refractivity contribution in [3.63, 3.8) is 0 Å². The fraction of sp³-hybridized carbons (Fsp3) is 0.611. The zero-order chi connectivity index (χ0) is 15.4. The van der Waals surface area contributed by atoms with Crippen molar-refractivity contribution in [3.05, 3.63) is 35.4 Å². The first-order valence-electron chi connectivity index (χ1n) is 8.38. The van der Waals surface area contributed by atoms with E-state index in [9.17, 15) is 4.79 Å². The monoisotopic (exact) mass is 302 g/mol. The van der Waals surface area contributed by atoms with Crippen molar-refractivity contribution in [2.75, 3.05) is 39.3 Å². The first-order valence-corrected chi connectivity index (χ1v) is 8.38. The highest BCUT2D eigenvalue weighted by Gasteiger charge is 2.24. The van der Waals surface area contributed by atoms with Crippen molar-refractivity contribution >= 4 is 5.91 Å². The molecule has 2 aliphatic rings. The molecular formula is C18H26N2O2. The Hall–Kier alpha value is -1.39. The summed E-state index contributed by atoms with van der Waals surface area (Å²) in [5.41, 5.74) is 2.35. The van der Waals surface area contributed by atoms with E-state index in [1.54, 1.807) is 0 Å². The molecule has 4 nitrogen and oxygen atoms in total. The molecule has 0 aliphatic carbocycles. The van der Waals surface area contributed by atoms with Crippen molar-refractivity contribution < 1.29 is 9.53 Å². The molecule has 22 heavy (non-hydrogen) atoms. The van der Waals surface area contributed by atoms with Crippen LogP contribution in [0.5, 0.6) is 0 Å². The van der Waals surface area contributed by atoms with Gasteiger partial charge in [-0.2, -0.15) is 0 Å². The van der Waals surface area contributed by atoms with Crippen molar-refractivity contribution in [3.8, 4) is 0 Å². The van der Waals surface area contributed by atoms with E-state index in [0.717, 1.165) is 44.9 Å². The van der Waals surface area contributed by atoms with E-state index < -0.39 is 0 Å². The lowest BCUT2D eigenvalue weighted by molar-refractivity contribution is -0.132. The normalized spacial score (nSPS) is 23.0. The Morgan fingerprint density at radius 3 is 2.68 bits per heavy atom. The Balaban J connectivity index is 1.46. The maximum atomic E-state index is 12.5. The highest BCUT2D eigenvalue weighted by atomic mass is 16.5. The molecule has 1 aromatic carbocycles. The van der Waals surface area contributed by atoms with E-state index in [1.807, 2.05) is 17.0 Å². The van der Waals surface area contributed by atoms with Gasteiger partial charge in [-0.05, 0) is 30.9 Å². The molecule has 1 amide bonds. The van der Waals surface area contributed by atoms with Gasteiger partial charge in [-0.1, -0.05) is 24.3 Å². The zero-order valence-electron chi connectivity index (χ0n) is 13.5. The number of benzene rings is 1. The van der Waals surface area contributed by atoms with Gasteiger partial charge in [0.15, 0.2) is 0 Å². The molecule has 0 bridgehead atoms. The molecule has 120 valence electrons. The molecule has 3 rings (SSSR count). The van der Waals surface area contributed by atoms with Crippen LogP contribution < -0.4 is 0 Å². The second-order valence-electron chi connectivity index (χ2n) is 6.42. The minimum atomic E-state index is 0.256. The summed E-state index contributed by atoms with van der Waals surface area (Å²) in [6, 6.07) is 8.16.